The van der Waals surface area contributed by atoms with Crippen molar-refractivity contribution < 1.29 is 14.3 Å². The molecule has 0 aliphatic carbocycles. The molecular weight excluding hydrogens is 342 g/mol. The lowest BCUT2D eigenvalue weighted by molar-refractivity contribution is -0.00522. The highest BCUT2D eigenvalue weighted by atomic mass is 16.5. The van der Waals surface area contributed by atoms with Crippen molar-refractivity contribution in [3.8, 4) is 0 Å². The number of hydrogen-bond acceptors (Lipinski definition) is 5. The molecule has 0 spiro atoms. The molecule has 3 rings (SSSR count). The highest BCUT2D eigenvalue weighted by Gasteiger charge is 2.23. The lowest BCUT2D eigenvalue weighted by Crippen LogP contribution is -2.45. The van der Waals surface area contributed by atoms with E-state index in [4.69, 9.17) is 4.74 Å². The van der Waals surface area contributed by atoms with Crippen LogP contribution in [0.3, 0.4) is 0 Å². The molecule has 1 N–H and O–H groups in total. The molecule has 0 saturated carbocycles. The third-order valence-corrected chi connectivity index (χ3v) is 4.62. The van der Waals surface area contributed by atoms with Gasteiger partial charge in [0.05, 0.1) is 12.2 Å². The first-order valence-corrected chi connectivity index (χ1v) is 9.13. The number of benzene rings is 1. The van der Waals surface area contributed by atoms with Gasteiger partial charge in [-0.1, -0.05) is 0 Å². The van der Waals surface area contributed by atoms with Gasteiger partial charge in [0.25, 0.3) is 5.91 Å². The summed E-state index contributed by atoms with van der Waals surface area (Å²) in [5.41, 5.74) is 3.44. The van der Waals surface area contributed by atoms with E-state index in [2.05, 4.69) is 15.2 Å². The molecule has 2 heterocycles. The SMILES string of the molecule is CC(=O)c1ccc(NC(=O)c2cc(N3CC(C)OC(C)C3)ccn2)cc1C. The average molecular weight is 367 g/mol. The minimum absolute atomic E-state index is 0.00807. The van der Waals surface area contributed by atoms with Gasteiger partial charge in [-0.3, -0.25) is 14.6 Å². The van der Waals surface area contributed by atoms with Crippen LogP contribution in [0.1, 0.15) is 47.2 Å². The van der Waals surface area contributed by atoms with Crippen molar-refractivity contribution in [3.63, 3.8) is 0 Å². The van der Waals surface area contributed by atoms with E-state index < -0.39 is 0 Å². The molecule has 2 unspecified atom stereocenters. The number of carbonyl (C=O) groups excluding carboxylic acids is 2. The van der Waals surface area contributed by atoms with Crippen LogP contribution in [-0.4, -0.2) is 42.0 Å². The Hall–Kier alpha value is -2.73. The Balaban J connectivity index is 1.76. The minimum atomic E-state index is -0.277. The summed E-state index contributed by atoms with van der Waals surface area (Å²) < 4.78 is 5.77. The topological polar surface area (TPSA) is 71.5 Å². The molecule has 142 valence electrons. The van der Waals surface area contributed by atoms with Crippen LogP contribution in [-0.2, 0) is 4.74 Å². The third-order valence-electron chi connectivity index (χ3n) is 4.62. The van der Waals surface area contributed by atoms with Crippen molar-refractivity contribution in [2.45, 2.75) is 39.9 Å². The number of nitrogens with zero attached hydrogens (tertiary/aromatic N) is 2. The monoisotopic (exact) mass is 367 g/mol. The first kappa shape index (κ1) is 19.0. The summed E-state index contributed by atoms with van der Waals surface area (Å²) in [6.45, 7) is 9.03. The zero-order valence-corrected chi connectivity index (χ0v) is 16.2. The standard InChI is InChI=1S/C21H25N3O3/c1-13-9-17(5-6-19(13)16(4)25)23-21(26)20-10-18(7-8-22-20)24-11-14(2)27-15(3)12-24/h5-10,14-15H,11-12H2,1-4H3,(H,23,26). The van der Waals surface area contributed by atoms with E-state index in [-0.39, 0.29) is 23.9 Å². The number of aryl methyl sites for hydroxylation is 1. The molecule has 27 heavy (non-hydrogen) atoms. The molecule has 1 aliphatic rings. The van der Waals surface area contributed by atoms with Crippen molar-refractivity contribution in [2.75, 3.05) is 23.3 Å². The summed E-state index contributed by atoms with van der Waals surface area (Å²) in [7, 11) is 0. The lowest BCUT2D eigenvalue weighted by Gasteiger charge is -2.36. The smallest absolute Gasteiger partial charge is 0.274 e. The van der Waals surface area contributed by atoms with Gasteiger partial charge < -0.3 is 15.0 Å². The highest BCUT2D eigenvalue weighted by molar-refractivity contribution is 6.04. The number of aromatic nitrogens is 1. The van der Waals surface area contributed by atoms with Gasteiger partial charge in [0.15, 0.2) is 5.78 Å². The van der Waals surface area contributed by atoms with Gasteiger partial charge in [-0.2, -0.15) is 0 Å². The number of Topliss-reactive ketones (excluding diaryl/α,β-unsaturated/α-hetero) is 1. The molecule has 2 aromatic rings. The quantitative estimate of drug-likeness (QED) is 0.838. The maximum atomic E-state index is 12.6. The minimum Gasteiger partial charge on any atom is -0.372 e. The molecule has 1 aliphatic heterocycles. The highest BCUT2D eigenvalue weighted by Crippen LogP contribution is 2.21. The van der Waals surface area contributed by atoms with Crippen LogP contribution in [0.15, 0.2) is 36.5 Å². The van der Waals surface area contributed by atoms with Crippen molar-refractivity contribution in [1.82, 2.24) is 4.98 Å². The Bertz CT molecular complexity index is 856. The number of ketones is 1. The summed E-state index contributed by atoms with van der Waals surface area (Å²) in [6, 6.07) is 8.97. The number of nitrogens with one attached hydrogen (secondary N) is 1. The summed E-state index contributed by atoms with van der Waals surface area (Å²) >= 11 is 0. The molecule has 1 aromatic heterocycles. The number of anilines is 2. The van der Waals surface area contributed by atoms with Gasteiger partial charge >= 0.3 is 0 Å². The molecule has 1 saturated heterocycles. The summed E-state index contributed by atoms with van der Waals surface area (Å²) in [6.07, 6.45) is 1.93. The van der Waals surface area contributed by atoms with Crippen LogP contribution in [0, 0.1) is 6.92 Å². The number of morpholine rings is 1. The molecular formula is C21H25N3O3. The molecule has 1 fully saturated rings. The van der Waals surface area contributed by atoms with Gasteiger partial charge in [-0.15, -0.1) is 0 Å². The van der Waals surface area contributed by atoms with Gasteiger partial charge in [0.2, 0.25) is 0 Å². The van der Waals surface area contributed by atoms with Crippen LogP contribution in [0.5, 0.6) is 0 Å². The number of carbonyl (C=O) groups is 2. The molecule has 6 heteroatoms. The van der Waals surface area contributed by atoms with E-state index in [1.54, 1.807) is 30.5 Å². The van der Waals surface area contributed by atoms with Gasteiger partial charge in [-0.25, -0.2) is 0 Å². The molecule has 1 amide bonds. The summed E-state index contributed by atoms with van der Waals surface area (Å²) in [5.74, 6) is -0.269. The number of pyridine rings is 1. The summed E-state index contributed by atoms with van der Waals surface area (Å²) in [4.78, 5) is 30.6. The number of amides is 1. The van der Waals surface area contributed by atoms with E-state index in [0.29, 0.717) is 16.9 Å². The maximum Gasteiger partial charge on any atom is 0.274 e. The van der Waals surface area contributed by atoms with E-state index in [1.807, 2.05) is 26.8 Å². The van der Waals surface area contributed by atoms with Crippen LogP contribution in [0.2, 0.25) is 0 Å². The Kier molecular flexibility index (Phi) is 5.56. The Morgan fingerprint density at radius 3 is 2.48 bits per heavy atom. The maximum absolute atomic E-state index is 12.6. The van der Waals surface area contributed by atoms with Crippen molar-refractivity contribution in [2.24, 2.45) is 0 Å². The van der Waals surface area contributed by atoms with Gasteiger partial charge in [0, 0.05) is 36.2 Å². The van der Waals surface area contributed by atoms with E-state index in [0.717, 1.165) is 24.3 Å². The second kappa shape index (κ2) is 7.88. The number of rotatable bonds is 4. The zero-order valence-electron chi connectivity index (χ0n) is 16.2. The predicted molar refractivity (Wildman–Crippen MR) is 106 cm³/mol. The zero-order chi connectivity index (χ0) is 19.6. The fourth-order valence-electron chi connectivity index (χ4n) is 3.46. The van der Waals surface area contributed by atoms with Crippen LogP contribution >= 0.6 is 0 Å². The third kappa shape index (κ3) is 4.52. The second-order valence-corrected chi connectivity index (χ2v) is 7.10. The summed E-state index contributed by atoms with van der Waals surface area (Å²) in [5, 5.41) is 2.86. The number of hydrogen-bond donors (Lipinski definition) is 1. The van der Waals surface area contributed by atoms with Gasteiger partial charge in [-0.05, 0) is 63.6 Å². The first-order valence-electron chi connectivity index (χ1n) is 9.13. The Morgan fingerprint density at radius 2 is 1.85 bits per heavy atom. The first-order chi connectivity index (χ1) is 12.8. The van der Waals surface area contributed by atoms with Crippen molar-refractivity contribution in [1.29, 1.82) is 0 Å². The Morgan fingerprint density at radius 1 is 1.15 bits per heavy atom. The largest absolute Gasteiger partial charge is 0.372 e. The second-order valence-electron chi connectivity index (χ2n) is 7.10. The number of ether oxygens (including phenoxy) is 1. The molecule has 1 aromatic carbocycles. The molecule has 0 radical (unpaired) electrons. The molecule has 6 nitrogen and oxygen atoms in total. The van der Waals surface area contributed by atoms with E-state index >= 15 is 0 Å². The van der Waals surface area contributed by atoms with Gasteiger partial charge in [0.1, 0.15) is 5.69 Å². The van der Waals surface area contributed by atoms with E-state index in [1.165, 1.54) is 6.92 Å². The van der Waals surface area contributed by atoms with E-state index in [9.17, 15) is 9.59 Å². The predicted octanol–water partition coefficient (Wildman–Crippen LogP) is 3.46. The van der Waals surface area contributed by atoms with Crippen molar-refractivity contribution >= 4 is 23.1 Å². The Labute approximate surface area is 159 Å². The normalized spacial score (nSPS) is 19.6. The fourth-order valence-corrected chi connectivity index (χ4v) is 3.46. The van der Waals surface area contributed by atoms with Crippen LogP contribution < -0.4 is 10.2 Å². The molecule has 2 atom stereocenters. The lowest BCUT2D eigenvalue weighted by atomic mass is 10.0. The average Bonchev–Trinajstić information content (AvgIpc) is 2.60. The van der Waals surface area contributed by atoms with Crippen molar-refractivity contribution in [3.05, 3.63) is 53.3 Å². The van der Waals surface area contributed by atoms with Crippen LogP contribution in [0.4, 0.5) is 11.4 Å². The molecule has 0 bridgehead atoms. The van der Waals surface area contributed by atoms with Crippen LogP contribution in [0.25, 0.3) is 0 Å². The fraction of sp³-hybridized carbons (Fsp3) is 0.381.